The van der Waals surface area contributed by atoms with Gasteiger partial charge in [0, 0.05) is 0 Å². The van der Waals surface area contributed by atoms with Crippen molar-refractivity contribution >= 4 is 17.7 Å². The smallest absolute Gasteiger partial charge is 0.322 e. The molecule has 4 heteroatoms. The zero-order chi connectivity index (χ0) is 9.40. The number of carbonyl (C=O) groups is 1. The fourth-order valence-electron chi connectivity index (χ4n) is 0.672. The normalized spacial score (nSPS) is 12.6. The SMILES string of the molecule is CCCOC(=O)[C@@H](N)CCSC. The summed E-state index contributed by atoms with van der Waals surface area (Å²) in [5, 5.41) is 0. The molecular formula is C8H17NO2S. The van der Waals surface area contributed by atoms with E-state index < -0.39 is 6.04 Å². The van der Waals surface area contributed by atoms with Crippen LogP contribution in [0.3, 0.4) is 0 Å². The highest BCUT2D eigenvalue weighted by atomic mass is 32.2. The fraction of sp³-hybridized carbons (Fsp3) is 0.875. The molecule has 0 aliphatic heterocycles. The summed E-state index contributed by atoms with van der Waals surface area (Å²) in [6.07, 6.45) is 3.54. The first-order chi connectivity index (χ1) is 5.72. The van der Waals surface area contributed by atoms with Crippen LogP contribution in [0.1, 0.15) is 19.8 Å². The van der Waals surface area contributed by atoms with Crippen LogP contribution in [0.4, 0.5) is 0 Å². The van der Waals surface area contributed by atoms with E-state index in [1.807, 2.05) is 13.2 Å². The van der Waals surface area contributed by atoms with Crippen LogP contribution in [-0.4, -0.2) is 30.6 Å². The summed E-state index contributed by atoms with van der Waals surface area (Å²) in [6, 6.07) is -0.441. The highest BCUT2D eigenvalue weighted by Crippen LogP contribution is 2.00. The van der Waals surface area contributed by atoms with Gasteiger partial charge in [-0.1, -0.05) is 6.92 Å². The first-order valence-electron chi connectivity index (χ1n) is 4.13. The van der Waals surface area contributed by atoms with Gasteiger partial charge < -0.3 is 10.5 Å². The lowest BCUT2D eigenvalue weighted by atomic mass is 10.2. The maximum absolute atomic E-state index is 11.1. The quantitative estimate of drug-likeness (QED) is 0.637. The van der Waals surface area contributed by atoms with Crippen LogP contribution in [0.2, 0.25) is 0 Å². The molecule has 0 radical (unpaired) electrons. The summed E-state index contributed by atoms with van der Waals surface area (Å²) in [7, 11) is 0. The Labute approximate surface area is 78.0 Å². The fourth-order valence-corrected chi connectivity index (χ4v) is 1.16. The molecule has 0 saturated heterocycles. The molecule has 3 nitrogen and oxygen atoms in total. The lowest BCUT2D eigenvalue weighted by Crippen LogP contribution is -2.32. The number of nitrogens with two attached hydrogens (primary N) is 1. The van der Waals surface area contributed by atoms with Crippen LogP contribution in [-0.2, 0) is 9.53 Å². The average Bonchev–Trinajstić information content (AvgIpc) is 2.10. The molecule has 0 aliphatic rings. The predicted molar refractivity (Wildman–Crippen MR) is 52.2 cm³/mol. The zero-order valence-electron chi connectivity index (χ0n) is 7.71. The molecule has 0 spiro atoms. The summed E-state index contributed by atoms with van der Waals surface area (Å²) >= 11 is 1.68. The second-order valence-corrected chi connectivity index (χ2v) is 3.54. The van der Waals surface area contributed by atoms with E-state index in [1.54, 1.807) is 11.8 Å². The molecule has 0 heterocycles. The molecule has 0 saturated carbocycles. The second kappa shape index (κ2) is 7.43. The Morgan fingerprint density at radius 2 is 2.33 bits per heavy atom. The molecule has 12 heavy (non-hydrogen) atoms. The summed E-state index contributed by atoms with van der Waals surface area (Å²) in [6.45, 7) is 2.44. The van der Waals surface area contributed by atoms with Gasteiger partial charge in [0.1, 0.15) is 6.04 Å². The van der Waals surface area contributed by atoms with Crippen LogP contribution in [0, 0.1) is 0 Å². The molecule has 72 valence electrons. The Hall–Kier alpha value is -0.220. The molecular weight excluding hydrogens is 174 g/mol. The van der Waals surface area contributed by atoms with Gasteiger partial charge in [-0.05, 0) is 24.9 Å². The lowest BCUT2D eigenvalue weighted by Gasteiger charge is -2.09. The van der Waals surface area contributed by atoms with Crippen molar-refractivity contribution in [3.8, 4) is 0 Å². The van der Waals surface area contributed by atoms with Gasteiger partial charge in [-0.2, -0.15) is 11.8 Å². The largest absolute Gasteiger partial charge is 0.465 e. The Morgan fingerprint density at radius 3 is 2.83 bits per heavy atom. The molecule has 0 aliphatic carbocycles. The van der Waals surface area contributed by atoms with Gasteiger partial charge in [0.05, 0.1) is 6.61 Å². The van der Waals surface area contributed by atoms with Crippen molar-refractivity contribution in [2.45, 2.75) is 25.8 Å². The van der Waals surface area contributed by atoms with E-state index in [2.05, 4.69) is 0 Å². The molecule has 0 aromatic carbocycles. The highest BCUT2D eigenvalue weighted by molar-refractivity contribution is 7.98. The van der Waals surface area contributed by atoms with Gasteiger partial charge in [0.25, 0.3) is 0 Å². The van der Waals surface area contributed by atoms with Gasteiger partial charge in [0.15, 0.2) is 0 Å². The van der Waals surface area contributed by atoms with Gasteiger partial charge in [-0.3, -0.25) is 4.79 Å². The Bertz CT molecular complexity index is 130. The minimum atomic E-state index is -0.441. The highest BCUT2D eigenvalue weighted by Gasteiger charge is 2.13. The standard InChI is InChI=1S/C8H17NO2S/c1-3-5-11-8(10)7(9)4-6-12-2/h7H,3-6,9H2,1-2H3/t7-/m0/s1. The Balaban J connectivity index is 3.47. The summed E-state index contributed by atoms with van der Waals surface area (Å²) in [4.78, 5) is 11.1. The van der Waals surface area contributed by atoms with Gasteiger partial charge in [-0.25, -0.2) is 0 Å². The monoisotopic (exact) mass is 191 g/mol. The molecule has 0 bridgehead atoms. The van der Waals surface area contributed by atoms with Gasteiger partial charge in [-0.15, -0.1) is 0 Å². The number of hydrogen-bond acceptors (Lipinski definition) is 4. The zero-order valence-corrected chi connectivity index (χ0v) is 8.52. The van der Waals surface area contributed by atoms with E-state index >= 15 is 0 Å². The summed E-state index contributed by atoms with van der Waals surface area (Å²) < 4.78 is 4.88. The van der Waals surface area contributed by atoms with E-state index in [4.69, 9.17) is 10.5 Å². The molecule has 0 aromatic rings. The van der Waals surface area contributed by atoms with Crippen molar-refractivity contribution in [2.75, 3.05) is 18.6 Å². The van der Waals surface area contributed by atoms with Crippen molar-refractivity contribution in [1.82, 2.24) is 0 Å². The predicted octanol–water partition coefficient (Wildman–Crippen LogP) is 1.02. The van der Waals surface area contributed by atoms with E-state index in [9.17, 15) is 4.79 Å². The van der Waals surface area contributed by atoms with Crippen LogP contribution < -0.4 is 5.73 Å². The number of esters is 1. The van der Waals surface area contributed by atoms with E-state index in [-0.39, 0.29) is 5.97 Å². The third kappa shape index (κ3) is 5.43. The number of thioether (sulfide) groups is 1. The van der Waals surface area contributed by atoms with Crippen molar-refractivity contribution in [2.24, 2.45) is 5.73 Å². The van der Waals surface area contributed by atoms with Crippen LogP contribution in [0.25, 0.3) is 0 Å². The maximum atomic E-state index is 11.1. The average molecular weight is 191 g/mol. The first-order valence-corrected chi connectivity index (χ1v) is 5.53. The molecule has 0 amide bonds. The Morgan fingerprint density at radius 1 is 1.67 bits per heavy atom. The number of rotatable bonds is 6. The third-order valence-electron chi connectivity index (χ3n) is 1.38. The van der Waals surface area contributed by atoms with E-state index in [0.29, 0.717) is 13.0 Å². The maximum Gasteiger partial charge on any atom is 0.322 e. The number of hydrogen-bond donors (Lipinski definition) is 1. The molecule has 2 N–H and O–H groups in total. The topological polar surface area (TPSA) is 52.3 Å². The van der Waals surface area contributed by atoms with E-state index in [0.717, 1.165) is 12.2 Å². The van der Waals surface area contributed by atoms with Crippen molar-refractivity contribution < 1.29 is 9.53 Å². The van der Waals surface area contributed by atoms with E-state index in [1.165, 1.54) is 0 Å². The molecule has 0 aromatic heterocycles. The third-order valence-corrected chi connectivity index (χ3v) is 2.03. The summed E-state index contributed by atoms with van der Waals surface area (Å²) in [5.41, 5.74) is 5.56. The van der Waals surface area contributed by atoms with Crippen molar-refractivity contribution in [3.05, 3.63) is 0 Å². The first kappa shape index (κ1) is 11.8. The van der Waals surface area contributed by atoms with Crippen molar-refractivity contribution in [1.29, 1.82) is 0 Å². The molecule has 0 unspecified atom stereocenters. The molecule has 0 rings (SSSR count). The number of ether oxygens (including phenoxy) is 1. The second-order valence-electron chi connectivity index (χ2n) is 2.56. The van der Waals surface area contributed by atoms with Gasteiger partial charge >= 0.3 is 5.97 Å². The Kier molecular flexibility index (Phi) is 7.29. The van der Waals surface area contributed by atoms with Crippen LogP contribution in [0.5, 0.6) is 0 Å². The minimum Gasteiger partial charge on any atom is -0.465 e. The van der Waals surface area contributed by atoms with Crippen molar-refractivity contribution in [3.63, 3.8) is 0 Å². The molecule has 0 fully saturated rings. The lowest BCUT2D eigenvalue weighted by molar-refractivity contribution is -0.145. The minimum absolute atomic E-state index is 0.272. The van der Waals surface area contributed by atoms with Crippen LogP contribution in [0.15, 0.2) is 0 Å². The molecule has 1 atom stereocenters. The van der Waals surface area contributed by atoms with Crippen LogP contribution >= 0.6 is 11.8 Å². The summed E-state index contributed by atoms with van der Waals surface area (Å²) in [5.74, 6) is 0.633. The number of carbonyl (C=O) groups excluding carboxylic acids is 1. The van der Waals surface area contributed by atoms with Gasteiger partial charge in [0.2, 0.25) is 0 Å².